The molecule has 0 saturated carbocycles. The summed E-state index contributed by atoms with van der Waals surface area (Å²) in [4.78, 5) is 0. The van der Waals surface area contributed by atoms with Gasteiger partial charge in [-0.3, -0.25) is 0 Å². The van der Waals surface area contributed by atoms with Crippen LogP contribution in [0.4, 0.5) is 13.2 Å². The molecule has 0 heterocycles. The van der Waals surface area contributed by atoms with E-state index in [4.69, 9.17) is 0 Å². The van der Waals surface area contributed by atoms with E-state index in [9.17, 15) is 26.7 Å². The monoisotopic (exact) mass is 468 g/mol. The lowest BCUT2D eigenvalue weighted by molar-refractivity contribution is -0.218. The van der Waals surface area contributed by atoms with Gasteiger partial charge in [0.05, 0.1) is 0 Å². The highest BCUT2D eigenvalue weighted by Gasteiger charge is 2.45. The third kappa shape index (κ3) is 18.2. The molecule has 0 aromatic rings. The van der Waals surface area contributed by atoms with Crippen LogP contribution in [0.15, 0.2) is 16.5 Å². The Morgan fingerprint density at radius 3 is 1.55 bits per heavy atom. The van der Waals surface area contributed by atoms with Crippen LogP contribution in [-0.2, 0) is 10.0 Å². The summed E-state index contributed by atoms with van der Waals surface area (Å²) >= 11 is 0. The average molecular weight is 469 g/mol. The number of hydrogen-bond acceptors (Lipinski definition) is 3. The van der Waals surface area contributed by atoms with Crippen molar-refractivity contribution in [2.75, 3.05) is 0 Å². The number of sulfonamides is 1. The fourth-order valence-electron chi connectivity index (χ4n) is 3.29. The maximum atomic E-state index is 12.1. The lowest BCUT2D eigenvalue weighted by atomic mass is 10.1. The molecule has 0 aliphatic heterocycles. The van der Waals surface area contributed by atoms with Gasteiger partial charge in [-0.25, -0.2) is 0 Å². The first kappa shape index (κ1) is 29.9. The van der Waals surface area contributed by atoms with Crippen molar-refractivity contribution in [1.29, 1.82) is 0 Å². The standard InChI is InChI=1S/C23H42F3NO3S/c1-2-3-4-5-6-7-8-9-10-11-12-13-14-15-16-17-18-19-20-21-22(28)27-31(29,30)23(24,25)26/h9-10H,2-8,11-21H2,1H3,(H,27,28)/p-1/b10-9-. The quantitative estimate of drug-likeness (QED) is 0.0821. The molecule has 184 valence electrons. The SMILES string of the molecule is CCCCCCCC/C=C\CCCCCCCCCCC/C([O-])=N/S(=O)(=O)C(F)(F)F. The Labute approximate surface area is 187 Å². The average Bonchev–Trinajstić information content (AvgIpc) is 2.68. The van der Waals surface area contributed by atoms with E-state index >= 15 is 0 Å². The normalized spacial score (nSPS) is 13.4. The third-order valence-electron chi connectivity index (χ3n) is 5.17. The zero-order valence-electron chi connectivity index (χ0n) is 19.1. The van der Waals surface area contributed by atoms with Gasteiger partial charge in [-0.15, -0.1) is 0 Å². The van der Waals surface area contributed by atoms with Crippen LogP contribution in [-0.4, -0.2) is 19.8 Å². The number of hydrogen-bond donors (Lipinski definition) is 0. The Balaban J connectivity index is 3.45. The molecule has 0 aromatic carbocycles. The van der Waals surface area contributed by atoms with Gasteiger partial charge in [-0.2, -0.15) is 26.0 Å². The minimum absolute atomic E-state index is 0.262. The van der Waals surface area contributed by atoms with Gasteiger partial charge in [0.15, 0.2) is 0 Å². The molecule has 0 aromatic heterocycles. The van der Waals surface area contributed by atoms with Crippen molar-refractivity contribution < 1.29 is 26.7 Å². The van der Waals surface area contributed by atoms with E-state index in [-0.39, 0.29) is 6.42 Å². The first-order valence-electron chi connectivity index (χ1n) is 11.9. The Hall–Kier alpha value is -1.05. The van der Waals surface area contributed by atoms with Gasteiger partial charge >= 0.3 is 15.5 Å². The van der Waals surface area contributed by atoms with Crippen molar-refractivity contribution in [3.05, 3.63) is 12.2 Å². The second kappa shape index (κ2) is 18.5. The van der Waals surface area contributed by atoms with Gasteiger partial charge < -0.3 is 5.11 Å². The Morgan fingerprint density at radius 2 is 1.13 bits per heavy atom. The zero-order chi connectivity index (χ0) is 23.4. The summed E-state index contributed by atoms with van der Waals surface area (Å²) in [6, 6.07) is 0. The number of alkyl halides is 3. The molecule has 0 N–H and O–H groups in total. The molecular formula is C23H41F3NO3S-. The largest absolute Gasteiger partial charge is 0.861 e. The van der Waals surface area contributed by atoms with Gasteiger partial charge in [-0.1, -0.05) is 96.1 Å². The highest BCUT2D eigenvalue weighted by Crippen LogP contribution is 2.24. The van der Waals surface area contributed by atoms with E-state index in [1.54, 1.807) is 0 Å². The van der Waals surface area contributed by atoms with Crippen molar-refractivity contribution in [2.45, 2.75) is 128 Å². The molecule has 0 saturated heterocycles. The van der Waals surface area contributed by atoms with Gasteiger partial charge in [0.25, 0.3) is 0 Å². The Kier molecular flexibility index (Phi) is 17.9. The van der Waals surface area contributed by atoms with Crippen molar-refractivity contribution in [1.82, 2.24) is 0 Å². The summed E-state index contributed by atoms with van der Waals surface area (Å²) < 4.78 is 60.2. The molecule has 0 unspecified atom stereocenters. The van der Waals surface area contributed by atoms with E-state index in [0.29, 0.717) is 12.8 Å². The number of halogens is 3. The Bertz CT molecular complexity index is 587. The van der Waals surface area contributed by atoms with Crippen LogP contribution in [0.3, 0.4) is 0 Å². The summed E-state index contributed by atoms with van der Waals surface area (Å²) in [5.74, 6) is -1.22. The van der Waals surface area contributed by atoms with E-state index < -0.39 is 21.4 Å². The molecule has 0 amide bonds. The zero-order valence-corrected chi connectivity index (χ0v) is 19.9. The molecule has 0 aliphatic rings. The summed E-state index contributed by atoms with van der Waals surface area (Å²) in [7, 11) is -5.70. The van der Waals surface area contributed by atoms with Crippen molar-refractivity contribution in [2.24, 2.45) is 4.40 Å². The highest BCUT2D eigenvalue weighted by atomic mass is 32.2. The minimum Gasteiger partial charge on any atom is -0.861 e. The van der Waals surface area contributed by atoms with Crippen molar-refractivity contribution in [3.63, 3.8) is 0 Å². The summed E-state index contributed by atoms with van der Waals surface area (Å²) in [6.45, 7) is 2.24. The van der Waals surface area contributed by atoms with Crippen LogP contribution in [0.2, 0.25) is 0 Å². The number of allylic oxidation sites excluding steroid dienone is 2. The molecule has 0 fully saturated rings. The van der Waals surface area contributed by atoms with E-state index in [2.05, 4.69) is 23.5 Å². The van der Waals surface area contributed by atoms with Crippen molar-refractivity contribution >= 4 is 15.9 Å². The smallest absolute Gasteiger partial charge is 0.518 e. The summed E-state index contributed by atoms with van der Waals surface area (Å²) in [6.07, 6.45) is 23.6. The van der Waals surface area contributed by atoms with Crippen LogP contribution in [0.25, 0.3) is 0 Å². The molecule has 0 aliphatic carbocycles. The summed E-state index contributed by atoms with van der Waals surface area (Å²) in [5.41, 5.74) is -5.51. The lowest BCUT2D eigenvalue weighted by Gasteiger charge is -2.11. The minimum atomic E-state index is -5.70. The van der Waals surface area contributed by atoms with Crippen LogP contribution in [0, 0.1) is 0 Å². The second-order valence-electron chi connectivity index (χ2n) is 8.15. The van der Waals surface area contributed by atoms with Crippen LogP contribution < -0.4 is 5.11 Å². The topological polar surface area (TPSA) is 69.6 Å². The number of rotatable bonds is 20. The fourth-order valence-corrected chi connectivity index (χ4v) is 3.75. The number of unbranched alkanes of at least 4 members (excludes halogenated alkanes) is 15. The van der Waals surface area contributed by atoms with Crippen molar-refractivity contribution in [3.8, 4) is 0 Å². The maximum Gasteiger partial charge on any atom is 0.518 e. The molecule has 0 radical (unpaired) electrons. The second-order valence-corrected chi connectivity index (χ2v) is 9.75. The lowest BCUT2D eigenvalue weighted by Crippen LogP contribution is -2.26. The predicted molar refractivity (Wildman–Crippen MR) is 120 cm³/mol. The number of nitrogens with zero attached hydrogens (tertiary/aromatic N) is 1. The summed E-state index contributed by atoms with van der Waals surface area (Å²) in [5, 5.41) is 11.2. The fraction of sp³-hybridized carbons (Fsp3) is 0.870. The van der Waals surface area contributed by atoms with E-state index in [1.165, 1.54) is 70.6 Å². The first-order chi connectivity index (χ1) is 14.7. The van der Waals surface area contributed by atoms with E-state index in [1.807, 2.05) is 0 Å². The van der Waals surface area contributed by atoms with Gasteiger partial charge in [-0.05, 0) is 44.4 Å². The molecule has 0 rings (SSSR count). The van der Waals surface area contributed by atoms with Gasteiger partial charge in [0, 0.05) is 0 Å². The first-order valence-corrected chi connectivity index (χ1v) is 13.4. The molecule has 0 atom stereocenters. The van der Waals surface area contributed by atoms with Crippen LogP contribution >= 0.6 is 0 Å². The molecule has 0 spiro atoms. The highest BCUT2D eigenvalue weighted by molar-refractivity contribution is 7.91. The predicted octanol–water partition coefficient (Wildman–Crippen LogP) is 7.19. The molecule has 0 bridgehead atoms. The van der Waals surface area contributed by atoms with Crippen LogP contribution in [0.1, 0.15) is 122 Å². The van der Waals surface area contributed by atoms with Gasteiger partial charge in [0.1, 0.15) is 0 Å². The van der Waals surface area contributed by atoms with Gasteiger partial charge in [0.2, 0.25) is 0 Å². The molecule has 31 heavy (non-hydrogen) atoms. The van der Waals surface area contributed by atoms with E-state index in [0.717, 1.165) is 25.7 Å². The van der Waals surface area contributed by atoms with Crippen LogP contribution in [0.5, 0.6) is 0 Å². The maximum absolute atomic E-state index is 12.1. The molecular weight excluding hydrogens is 427 g/mol. The molecule has 4 nitrogen and oxygen atoms in total. The molecule has 8 heteroatoms. The third-order valence-corrected chi connectivity index (χ3v) is 6.20. The Morgan fingerprint density at radius 1 is 0.742 bits per heavy atom.